The summed E-state index contributed by atoms with van der Waals surface area (Å²) in [6.45, 7) is 8.47. The molecule has 1 fully saturated rings. The first-order chi connectivity index (χ1) is 14.2. The van der Waals surface area contributed by atoms with E-state index in [-0.39, 0.29) is 17.2 Å². The van der Waals surface area contributed by atoms with Gasteiger partial charge in [-0.25, -0.2) is 0 Å². The predicted molar refractivity (Wildman–Crippen MR) is 124 cm³/mol. The number of halogens is 1. The van der Waals surface area contributed by atoms with Crippen LogP contribution in [0.15, 0.2) is 24.3 Å². The molecule has 2 amide bonds. The molecule has 30 heavy (non-hydrogen) atoms. The van der Waals surface area contributed by atoms with Crippen molar-refractivity contribution in [3.63, 3.8) is 0 Å². The van der Waals surface area contributed by atoms with Crippen molar-refractivity contribution >= 4 is 39.8 Å². The Kier molecular flexibility index (Phi) is 5.95. The summed E-state index contributed by atoms with van der Waals surface area (Å²) in [7, 11) is 0. The van der Waals surface area contributed by atoms with Gasteiger partial charge in [0.1, 0.15) is 5.00 Å². The Hall–Kier alpha value is -1.85. The van der Waals surface area contributed by atoms with E-state index in [0.717, 1.165) is 56.3 Å². The molecule has 4 nitrogen and oxygen atoms in total. The summed E-state index contributed by atoms with van der Waals surface area (Å²) in [6.07, 6.45) is 5.06. The van der Waals surface area contributed by atoms with Gasteiger partial charge in [-0.3, -0.25) is 9.59 Å². The molecule has 2 heterocycles. The molecule has 1 aliphatic heterocycles. The van der Waals surface area contributed by atoms with Crippen LogP contribution >= 0.6 is 22.9 Å². The Balaban J connectivity index is 1.68. The molecule has 1 saturated heterocycles. The number of thiophene rings is 1. The molecule has 1 unspecified atom stereocenters. The molecule has 0 spiro atoms. The number of nitrogens with one attached hydrogen (secondary N) is 1. The lowest BCUT2D eigenvalue weighted by Crippen LogP contribution is -2.30. The fourth-order valence-corrected chi connectivity index (χ4v) is 5.93. The van der Waals surface area contributed by atoms with E-state index in [1.807, 2.05) is 4.90 Å². The molecule has 0 radical (unpaired) electrons. The highest BCUT2D eigenvalue weighted by Gasteiger charge is 2.35. The zero-order chi connectivity index (χ0) is 21.5. The van der Waals surface area contributed by atoms with E-state index in [1.54, 1.807) is 35.6 Å². The zero-order valence-electron chi connectivity index (χ0n) is 17.9. The minimum Gasteiger partial charge on any atom is -0.339 e. The minimum atomic E-state index is -0.201. The number of carbonyl (C=O) groups is 2. The molecule has 1 N–H and O–H groups in total. The average molecular weight is 445 g/mol. The molecule has 2 aliphatic rings. The van der Waals surface area contributed by atoms with Crippen LogP contribution in [0, 0.1) is 11.3 Å². The van der Waals surface area contributed by atoms with E-state index in [2.05, 4.69) is 26.1 Å². The topological polar surface area (TPSA) is 49.4 Å². The van der Waals surface area contributed by atoms with Crippen LogP contribution in [-0.4, -0.2) is 29.8 Å². The molecule has 4 rings (SSSR count). The Morgan fingerprint density at radius 1 is 1.13 bits per heavy atom. The van der Waals surface area contributed by atoms with Crippen LogP contribution in [0.25, 0.3) is 0 Å². The Morgan fingerprint density at radius 2 is 1.80 bits per heavy atom. The first kappa shape index (κ1) is 21.4. The van der Waals surface area contributed by atoms with Gasteiger partial charge < -0.3 is 10.2 Å². The number of likely N-dealkylation sites (tertiary alicyclic amines) is 1. The molecule has 160 valence electrons. The van der Waals surface area contributed by atoms with Gasteiger partial charge in [0.15, 0.2) is 0 Å². The standard InChI is InChI=1S/C24H29ClN2O2S/c1-24(2,3)16-8-11-18-19(14-16)30-22(20(18)23(29)27-12-4-5-13-27)26-21(28)15-6-9-17(25)10-7-15/h6-7,9-10,16H,4-5,8,11-14H2,1-3H3,(H,26,28). The molecule has 1 aliphatic carbocycles. The average Bonchev–Trinajstić information content (AvgIpc) is 3.34. The van der Waals surface area contributed by atoms with Gasteiger partial charge in [0.2, 0.25) is 0 Å². The van der Waals surface area contributed by atoms with E-state index < -0.39 is 0 Å². The lowest BCUT2D eigenvalue weighted by molar-refractivity contribution is 0.0792. The monoisotopic (exact) mass is 444 g/mol. The third kappa shape index (κ3) is 4.28. The van der Waals surface area contributed by atoms with Gasteiger partial charge >= 0.3 is 0 Å². The fourth-order valence-electron chi connectivity index (χ4n) is 4.49. The van der Waals surface area contributed by atoms with Gasteiger partial charge in [-0.2, -0.15) is 0 Å². The molecule has 1 aromatic heterocycles. The second kappa shape index (κ2) is 8.35. The van der Waals surface area contributed by atoms with E-state index in [1.165, 1.54) is 4.88 Å². The van der Waals surface area contributed by atoms with Crippen molar-refractivity contribution in [1.29, 1.82) is 0 Å². The van der Waals surface area contributed by atoms with Crippen LogP contribution in [-0.2, 0) is 12.8 Å². The van der Waals surface area contributed by atoms with Crippen LogP contribution in [0.3, 0.4) is 0 Å². The Labute approximate surface area is 187 Å². The van der Waals surface area contributed by atoms with Crippen LogP contribution in [0.2, 0.25) is 5.02 Å². The lowest BCUT2D eigenvalue weighted by Gasteiger charge is -2.34. The van der Waals surface area contributed by atoms with Crippen molar-refractivity contribution in [2.24, 2.45) is 11.3 Å². The largest absolute Gasteiger partial charge is 0.339 e. The van der Waals surface area contributed by atoms with Gasteiger partial charge in [-0.15, -0.1) is 11.3 Å². The molecule has 0 saturated carbocycles. The SMILES string of the molecule is CC(C)(C)C1CCc2c(sc(NC(=O)c3ccc(Cl)cc3)c2C(=O)N2CCCC2)C1. The fraction of sp³-hybridized carbons (Fsp3) is 0.500. The number of rotatable bonds is 3. The van der Waals surface area contributed by atoms with Crippen molar-refractivity contribution in [3.05, 3.63) is 50.9 Å². The van der Waals surface area contributed by atoms with Crippen molar-refractivity contribution in [1.82, 2.24) is 4.90 Å². The van der Waals surface area contributed by atoms with E-state index in [4.69, 9.17) is 11.6 Å². The number of benzene rings is 1. The third-order valence-corrected chi connectivity index (χ3v) is 7.85. The van der Waals surface area contributed by atoms with Crippen LogP contribution < -0.4 is 5.32 Å². The molecule has 1 aromatic carbocycles. The number of amides is 2. The second-order valence-corrected chi connectivity index (χ2v) is 11.0. The number of fused-ring (bicyclic) bond motifs is 1. The maximum Gasteiger partial charge on any atom is 0.257 e. The quantitative estimate of drug-likeness (QED) is 0.627. The Bertz CT molecular complexity index is 953. The predicted octanol–water partition coefficient (Wildman–Crippen LogP) is 6.04. The molecular formula is C24H29ClN2O2S. The highest BCUT2D eigenvalue weighted by molar-refractivity contribution is 7.17. The maximum absolute atomic E-state index is 13.4. The zero-order valence-corrected chi connectivity index (χ0v) is 19.5. The molecule has 1 atom stereocenters. The molecule has 0 bridgehead atoms. The highest BCUT2D eigenvalue weighted by Crippen LogP contribution is 2.45. The van der Waals surface area contributed by atoms with Gasteiger partial charge in [-0.1, -0.05) is 32.4 Å². The van der Waals surface area contributed by atoms with Gasteiger partial charge in [0.05, 0.1) is 5.56 Å². The summed E-state index contributed by atoms with van der Waals surface area (Å²) >= 11 is 7.54. The molecular weight excluding hydrogens is 416 g/mol. The summed E-state index contributed by atoms with van der Waals surface area (Å²) in [5.74, 6) is 0.455. The maximum atomic E-state index is 13.4. The summed E-state index contributed by atoms with van der Waals surface area (Å²) in [4.78, 5) is 29.5. The van der Waals surface area contributed by atoms with E-state index >= 15 is 0 Å². The summed E-state index contributed by atoms with van der Waals surface area (Å²) < 4.78 is 0. The van der Waals surface area contributed by atoms with E-state index in [9.17, 15) is 9.59 Å². The highest BCUT2D eigenvalue weighted by atomic mass is 35.5. The number of hydrogen-bond donors (Lipinski definition) is 1. The summed E-state index contributed by atoms with van der Waals surface area (Å²) in [5, 5.41) is 4.34. The van der Waals surface area contributed by atoms with Crippen LogP contribution in [0.5, 0.6) is 0 Å². The molecule has 2 aromatic rings. The van der Waals surface area contributed by atoms with Crippen LogP contribution in [0.4, 0.5) is 5.00 Å². The third-order valence-electron chi connectivity index (χ3n) is 6.43. The minimum absolute atomic E-state index is 0.0746. The number of anilines is 1. The van der Waals surface area contributed by atoms with Crippen molar-refractivity contribution in [3.8, 4) is 0 Å². The van der Waals surface area contributed by atoms with Gasteiger partial charge in [-0.05, 0) is 73.3 Å². The van der Waals surface area contributed by atoms with Crippen molar-refractivity contribution in [2.45, 2.75) is 52.9 Å². The number of nitrogens with zero attached hydrogens (tertiary/aromatic N) is 1. The smallest absolute Gasteiger partial charge is 0.257 e. The summed E-state index contributed by atoms with van der Waals surface area (Å²) in [6, 6.07) is 6.84. The first-order valence-corrected chi connectivity index (χ1v) is 11.9. The van der Waals surface area contributed by atoms with Gasteiger partial charge in [0, 0.05) is 28.6 Å². The first-order valence-electron chi connectivity index (χ1n) is 10.7. The van der Waals surface area contributed by atoms with Gasteiger partial charge in [0.25, 0.3) is 11.8 Å². The van der Waals surface area contributed by atoms with E-state index in [0.29, 0.717) is 21.5 Å². The number of hydrogen-bond acceptors (Lipinski definition) is 3. The molecule has 6 heteroatoms. The second-order valence-electron chi connectivity index (χ2n) is 9.47. The normalized spacial score (nSPS) is 18.9. The lowest BCUT2D eigenvalue weighted by atomic mass is 9.72. The Morgan fingerprint density at radius 3 is 2.43 bits per heavy atom. The van der Waals surface area contributed by atoms with Crippen molar-refractivity contribution in [2.75, 3.05) is 18.4 Å². The number of carbonyl (C=O) groups excluding carboxylic acids is 2. The van der Waals surface area contributed by atoms with Crippen LogP contribution in [0.1, 0.15) is 71.2 Å². The summed E-state index contributed by atoms with van der Waals surface area (Å²) in [5.41, 5.74) is 2.65. The van der Waals surface area contributed by atoms with Crippen molar-refractivity contribution < 1.29 is 9.59 Å².